The molecule has 1 aromatic heterocycles. The Hall–Kier alpha value is -2.47. The van der Waals surface area contributed by atoms with Gasteiger partial charge in [-0.05, 0) is 49.4 Å². The third kappa shape index (κ3) is 5.26. The maximum absolute atomic E-state index is 12.1. The van der Waals surface area contributed by atoms with Gasteiger partial charge in [-0.3, -0.25) is 14.4 Å². The van der Waals surface area contributed by atoms with Gasteiger partial charge in [-0.2, -0.15) is 0 Å². The van der Waals surface area contributed by atoms with Crippen LogP contribution in [0, 0.1) is 6.92 Å². The van der Waals surface area contributed by atoms with Crippen molar-refractivity contribution in [1.29, 1.82) is 0 Å². The number of thiophene rings is 1. The van der Waals surface area contributed by atoms with Gasteiger partial charge in [0.15, 0.2) is 12.4 Å². The van der Waals surface area contributed by atoms with Crippen molar-refractivity contribution in [3.63, 3.8) is 0 Å². The minimum absolute atomic E-state index is 0.0185. The molecule has 1 amide bonds. The van der Waals surface area contributed by atoms with E-state index in [1.807, 2.05) is 31.2 Å². The van der Waals surface area contributed by atoms with E-state index < -0.39 is 5.97 Å². The number of carbonyl (C=O) groups excluding carboxylic acids is 3. The molecule has 1 aromatic carbocycles. The van der Waals surface area contributed by atoms with Crippen molar-refractivity contribution in [3.05, 3.63) is 57.3 Å². The van der Waals surface area contributed by atoms with Crippen LogP contribution in [0.5, 0.6) is 0 Å². The zero-order valence-electron chi connectivity index (χ0n) is 15.3. The summed E-state index contributed by atoms with van der Waals surface area (Å²) in [6, 6.07) is 11.7. The smallest absolute Gasteiger partial charge is 0.306 e. The van der Waals surface area contributed by atoms with E-state index >= 15 is 0 Å². The van der Waals surface area contributed by atoms with Gasteiger partial charge >= 0.3 is 5.97 Å². The number of amides is 1. The summed E-state index contributed by atoms with van der Waals surface area (Å²) in [5, 5.41) is 2.94. The molecule has 0 radical (unpaired) electrons. The number of Topliss-reactive ketones (excluding diaryl/α,β-unsaturated/α-hetero) is 1. The Morgan fingerprint density at radius 2 is 1.96 bits per heavy atom. The molecule has 0 spiro atoms. The van der Waals surface area contributed by atoms with Crippen LogP contribution in [0.15, 0.2) is 36.4 Å². The lowest BCUT2D eigenvalue weighted by Crippen LogP contribution is -2.34. The summed E-state index contributed by atoms with van der Waals surface area (Å²) >= 11 is 1.41. The van der Waals surface area contributed by atoms with E-state index in [1.165, 1.54) is 16.9 Å². The van der Waals surface area contributed by atoms with Gasteiger partial charge in [-0.25, -0.2) is 0 Å². The van der Waals surface area contributed by atoms with Crippen molar-refractivity contribution < 1.29 is 19.1 Å². The Morgan fingerprint density at radius 3 is 2.74 bits per heavy atom. The standard InChI is InChI=1S/C21H23NO4S/c1-14-9-11-19(27-14)18(23)10-12-21(25)26-13-20(24)22-17-8-4-6-15-5-2-3-7-16(15)17/h2-3,5,7,9,11,17H,4,6,8,10,12-13H2,1H3,(H,22,24)/t17-/m0/s1. The molecular formula is C21H23NO4S. The molecule has 1 aliphatic rings. The fourth-order valence-electron chi connectivity index (χ4n) is 3.28. The lowest BCUT2D eigenvalue weighted by Gasteiger charge is -2.26. The first kappa shape index (κ1) is 19.3. The molecule has 5 nitrogen and oxygen atoms in total. The molecular weight excluding hydrogens is 362 g/mol. The van der Waals surface area contributed by atoms with E-state index in [1.54, 1.807) is 6.07 Å². The van der Waals surface area contributed by atoms with Crippen LogP contribution in [-0.4, -0.2) is 24.3 Å². The summed E-state index contributed by atoms with van der Waals surface area (Å²) in [6.45, 7) is 1.61. The van der Waals surface area contributed by atoms with E-state index in [4.69, 9.17) is 4.74 Å². The number of aryl methyl sites for hydroxylation is 2. The van der Waals surface area contributed by atoms with Crippen LogP contribution in [0.4, 0.5) is 0 Å². The molecule has 0 unspecified atom stereocenters. The fraction of sp³-hybridized carbons (Fsp3) is 0.381. The van der Waals surface area contributed by atoms with Crippen LogP contribution in [0.3, 0.4) is 0 Å². The van der Waals surface area contributed by atoms with Crippen molar-refractivity contribution in [3.8, 4) is 0 Å². The van der Waals surface area contributed by atoms with Gasteiger partial charge in [-0.1, -0.05) is 24.3 Å². The maximum Gasteiger partial charge on any atom is 0.306 e. The van der Waals surface area contributed by atoms with E-state index in [9.17, 15) is 14.4 Å². The Balaban J connectivity index is 1.41. The number of esters is 1. The average molecular weight is 385 g/mol. The van der Waals surface area contributed by atoms with Crippen LogP contribution in [0.1, 0.15) is 57.4 Å². The third-order valence-corrected chi connectivity index (χ3v) is 5.68. The van der Waals surface area contributed by atoms with Crippen molar-refractivity contribution in [1.82, 2.24) is 5.32 Å². The number of hydrogen-bond acceptors (Lipinski definition) is 5. The monoisotopic (exact) mass is 385 g/mol. The molecule has 1 heterocycles. The van der Waals surface area contributed by atoms with E-state index in [2.05, 4.69) is 11.4 Å². The predicted molar refractivity (Wildman–Crippen MR) is 104 cm³/mol. The van der Waals surface area contributed by atoms with Gasteiger partial charge < -0.3 is 10.1 Å². The summed E-state index contributed by atoms with van der Waals surface area (Å²) in [6.07, 6.45) is 3.00. The maximum atomic E-state index is 12.1. The normalized spacial score (nSPS) is 15.7. The highest BCUT2D eigenvalue weighted by Crippen LogP contribution is 2.29. The second-order valence-electron chi connectivity index (χ2n) is 6.71. The summed E-state index contributed by atoms with van der Waals surface area (Å²) in [4.78, 5) is 37.7. The lowest BCUT2D eigenvalue weighted by molar-refractivity contribution is -0.148. The predicted octanol–water partition coefficient (Wildman–Crippen LogP) is 3.76. The summed E-state index contributed by atoms with van der Waals surface area (Å²) in [7, 11) is 0. The number of carbonyl (C=O) groups is 3. The average Bonchev–Trinajstić information content (AvgIpc) is 3.11. The minimum Gasteiger partial charge on any atom is -0.456 e. The number of hydrogen-bond donors (Lipinski definition) is 1. The van der Waals surface area contributed by atoms with Crippen molar-refractivity contribution >= 4 is 29.0 Å². The van der Waals surface area contributed by atoms with E-state index in [0.29, 0.717) is 4.88 Å². The Bertz CT molecular complexity index is 842. The number of ether oxygens (including phenoxy) is 1. The second kappa shape index (κ2) is 8.95. The largest absolute Gasteiger partial charge is 0.456 e. The second-order valence-corrected chi connectivity index (χ2v) is 7.99. The van der Waals surface area contributed by atoms with Gasteiger partial charge in [0, 0.05) is 11.3 Å². The lowest BCUT2D eigenvalue weighted by atomic mass is 9.88. The Kier molecular flexibility index (Phi) is 6.40. The van der Waals surface area contributed by atoms with Crippen LogP contribution >= 0.6 is 11.3 Å². The fourth-order valence-corrected chi connectivity index (χ4v) is 4.12. The van der Waals surface area contributed by atoms with Crippen LogP contribution in [0.25, 0.3) is 0 Å². The van der Waals surface area contributed by atoms with Crippen LogP contribution in [0.2, 0.25) is 0 Å². The molecule has 27 heavy (non-hydrogen) atoms. The van der Waals surface area contributed by atoms with Gasteiger partial charge in [0.1, 0.15) is 0 Å². The highest BCUT2D eigenvalue weighted by atomic mass is 32.1. The van der Waals surface area contributed by atoms with E-state index in [0.717, 1.165) is 29.7 Å². The van der Waals surface area contributed by atoms with Gasteiger partial charge in [0.05, 0.1) is 17.3 Å². The first-order valence-electron chi connectivity index (χ1n) is 9.15. The molecule has 1 N–H and O–H groups in total. The van der Waals surface area contributed by atoms with Gasteiger partial charge in [0.25, 0.3) is 5.91 Å². The summed E-state index contributed by atoms with van der Waals surface area (Å²) in [5.41, 5.74) is 2.40. The number of rotatable bonds is 7. The molecule has 1 aliphatic carbocycles. The molecule has 0 saturated heterocycles. The molecule has 1 atom stereocenters. The molecule has 0 saturated carbocycles. The quantitative estimate of drug-likeness (QED) is 0.582. The highest BCUT2D eigenvalue weighted by Gasteiger charge is 2.22. The zero-order valence-corrected chi connectivity index (χ0v) is 16.1. The molecule has 0 fully saturated rings. The summed E-state index contributed by atoms with van der Waals surface area (Å²) < 4.78 is 5.03. The van der Waals surface area contributed by atoms with Gasteiger partial charge in [0.2, 0.25) is 0 Å². The first-order chi connectivity index (χ1) is 13.0. The topological polar surface area (TPSA) is 72.5 Å². The molecule has 6 heteroatoms. The van der Waals surface area contributed by atoms with Crippen molar-refractivity contribution in [2.45, 2.75) is 45.1 Å². The van der Waals surface area contributed by atoms with E-state index in [-0.39, 0.29) is 37.2 Å². The SMILES string of the molecule is Cc1ccc(C(=O)CCC(=O)OCC(=O)N[C@H]2CCCc3ccccc32)s1. The first-order valence-corrected chi connectivity index (χ1v) is 9.97. The minimum atomic E-state index is -0.532. The third-order valence-electron chi connectivity index (χ3n) is 4.64. The zero-order chi connectivity index (χ0) is 19.2. The van der Waals surface area contributed by atoms with Gasteiger partial charge in [-0.15, -0.1) is 11.3 Å². The number of benzene rings is 1. The molecule has 0 aliphatic heterocycles. The number of fused-ring (bicyclic) bond motifs is 1. The molecule has 3 rings (SSSR count). The van der Waals surface area contributed by atoms with Crippen molar-refractivity contribution in [2.75, 3.05) is 6.61 Å². The van der Waals surface area contributed by atoms with Crippen LogP contribution < -0.4 is 5.32 Å². The van der Waals surface area contributed by atoms with Crippen molar-refractivity contribution in [2.24, 2.45) is 0 Å². The number of ketones is 1. The molecule has 2 aromatic rings. The molecule has 142 valence electrons. The highest BCUT2D eigenvalue weighted by molar-refractivity contribution is 7.14. The number of nitrogens with one attached hydrogen (secondary N) is 1. The summed E-state index contributed by atoms with van der Waals surface area (Å²) in [5.74, 6) is -0.922. The molecule has 0 bridgehead atoms. The Labute approximate surface area is 162 Å². The van der Waals surface area contributed by atoms with Crippen LogP contribution in [-0.2, 0) is 20.7 Å². The Morgan fingerprint density at radius 1 is 1.15 bits per heavy atom.